The molecule has 0 aliphatic heterocycles. The number of amides is 2. The molecule has 1 aromatic rings. The standard InChI is InChI=1S/C12H15BrN2O2S/c1-2-5-14-11(16)7-15-12(17)9-4-3-8(13)6-10(9)18/h3-4,6,18H,2,5,7H2,1H3,(H,14,16)(H,15,17). The maximum atomic E-state index is 11.8. The molecule has 0 unspecified atom stereocenters. The third kappa shape index (κ3) is 4.70. The van der Waals surface area contributed by atoms with Crippen LogP contribution in [0.2, 0.25) is 0 Å². The Labute approximate surface area is 120 Å². The highest BCUT2D eigenvalue weighted by Crippen LogP contribution is 2.19. The lowest BCUT2D eigenvalue weighted by molar-refractivity contribution is -0.120. The number of carbonyl (C=O) groups is 2. The zero-order chi connectivity index (χ0) is 13.5. The van der Waals surface area contributed by atoms with Crippen LogP contribution in [0.4, 0.5) is 0 Å². The van der Waals surface area contributed by atoms with Gasteiger partial charge in [-0.2, -0.15) is 0 Å². The molecule has 0 saturated carbocycles. The van der Waals surface area contributed by atoms with E-state index in [0.29, 0.717) is 17.0 Å². The average molecular weight is 331 g/mol. The van der Waals surface area contributed by atoms with E-state index in [2.05, 4.69) is 39.2 Å². The minimum absolute atomic E-state index is 0.0257. The van der Waals surface area contributed by atoms with Gasteiger partial charge < -0.3 is 10.6 Å². The summed E-state index contributed by atoms with van der Waals surface area (Å²) in [4.78, 5) is 23.7. The highest BCUT2D eigenvalue weighted by atomic mass is 79.9. The highest BCUT2D eigenvalue weighted by molar-refractivity contribution is 9.10. The van der Waals surface area contributed by atoms with Crippen LogP contribution < -0.4 is 10.6 Å². The Morgan fingerprint density at radius 2 is 2.06 bits per heavy atom. The van der Waals surface area contributed by atoms with Crippen LogP contribution in [0, 0.1) is 0 Å². The van der Waals surface area contributed by atoms with Crippen LogP contribution >= 0.6 is 28.6 Å². The lowest BCUT2D eigenvalue weighted by Gasteiger charge is -2.08. The molecule has 6 heteroatoms. The SMILES string of the molecule is CCCNC(=O)CNC(=O)c1ccc(Br)cc1S. The van der Waals surface area contributed by atoms with E-state index in [1.165, 1.54) is 0 Å². The largest absolute Gasteiger partial charge is 0.355 e. The summed E-state index contributed by atoms with van der Waals surface area (Å²) in [5.41, 5.74) is 0.449. The fourth-order valence-corrected chi connectivity index (χ4v) is 2.13. The van der Waals surface area contributed by atoms with E-state index < -0.39 is 0 Å². The second-order valence-electron chi connectivity index (χ2n) is 3.69. The van der Waals surface area contributed by atoms with Gasteiger partial charge in [0.25, 0.3) is 5.91 Å². The first-order chi connectivity index (χ1) is 8.54. The van der Waals surface area contributed by atoms with Crippen molar-refractivity contribution in [1.29, 1.82) is 0 Å². The maximum absolute atomic E-state index is 11.8. The number of halogens is 1. The van der Waals surface area contributed by atoms with Crippen molar-refractivity contribution in [3.05, 3.63) is 28.2 Å². The topological polar surface area (TPSA) is 58.2 Å². The van der Waals surface area contributed by atoms with Crippen molar-refractivity contribution in [1.82, 2.24) is 10.6 Å². The van der Waals surface area contributed by atoms with Crippen LogP contribution in [0.15, 0.2) is 27.6 Å². The smallest absolute Gasteiger partial charge is 0.252 e. The molecule has 0 bridgehead atoms. The van der Waals surface area contributed by atoms with E-state index in [-0.39, 0.29) is 18.4 Å². The summed E-state index contributed by atoms with van der Waals surface area (Å²) in [5, 5.41) is 5.24. The number of carbonyl (C=O) groups excluding carboxylic acids is 2. The Bertz CT molecular complexity index is 452. The van der Waals surface area contributed by atoms with Crippen LogP contribution in [-0.2, 0) is 4.79 Å². The van der Waals surface area contributed by atoms with Gasteiger partial charge in [-0.3, -0.25) is 9.59 Å². The quantitative estimate of drug-likeness (QED) is 0.723. The molecule has 0 fully saturated rings. The number of hydrogen-bond donors (Lipinski definition) is 3. The fraction of sp³-hybridized carbons (Fsp3) is 0.333. The van der Waals surface area contributed by atoms with Crippen molar-refractivity contribution in [3.63, 3.8) is 0 Å². The summed E-state index contributed by atoms with van der Waals surface area (Å²) in [6, 6.07) is 5.15. The van der Waals surface area contributed by atoms with Crippen LogP contribution in [0.5, 0.6) is 0 Å². The summed E-state index contributed by atoms with van der Waals surface area (Å²) < 4.78 is 0.852. The van der Waals surface area contributed by atoms with Crippen molar-refractivity contribution in [3.8, 4) is 0 Å². The van der Waals surface area contributed by atoms with Crippen LogP contribution in [0.25, 0.3) is 0 Å². The van der Waals surface area contributed by atoms with E-state index in [1.54, 1.807) is 18.2 Å². The Hall–Kier alpha value is -1.01. The molecule has 0 aliphatic carbocycles. The summed E-state index contributed by atoms with van der Waals surface area (Å²) >= 11 is 7.51. The monoisotopic (exact) mass is 330 g/mol. The van der Waals surface area contributed by atoms with Gasteiger partial charge in [-0.1, -0.05) is 22.9 Å². The molecule has 0 saturated heterocycles. The zero-order valence-electron chi connectivity index (χ0n) is 10.00. The van der Waals surface area contributed by atoms with E-state index in [1.807, 2.05) is 6.92 Å². The Balaban J connectivity index is 2.53. The van der Waals surface area contributed by atoms with E-state index >= 15 is 0 Å². The first-order valence-electron chi connectivity index (χ1n) is 5.58. The van der Waals surface area contributed by atoms with Gasteiger partial charge in [0.1, 0.15) is 0 Å². The fourth-order valence-electron chi connectivity index (χ4n) is 1.28. The van der Waals surface area contributed by atoms with E-state index in [4.69, 9.17) is 0 Å². The second-order valence-corrected chi connectivity index (χ2v) is 5.09. The normalized spacial score (nSPS) is 9.94. The Morgan fingerprint density at radius 1 is 1.33 bits per heavy atom. The van der Waals surface area contributed by atoms with Crippen molar-refractivity contribution in [2.75, 3.05) is 13.1 Å². The number of benzene rings is 1. The van der Waals surface area contributed by atoms with Gasteiger partial charge in [0.15, 0.2) is 0 Å². The van der Waals surface area contributed by atoms with Crippen LogP contribution in [-0.4, -0.2) is 24.9 Å². The molecule has 0 spiro atoms. The predicted octanol–water partition coefficient (Wildman–Crippen LogP) is 1.99. The van der Waals surface area contributed by atoms with Gasteiger partial charge in [0, 0.05) is 15.9 Å². The first-order valence-corrected chi connectivity index (χ1v) is 6.82. The van der Waals surface area contributed by atoms with Crippen molar-refractivity contribution in [2.24, 2.45) is 0 Å². The van der Waals surface area contributed by atoms with Crippen LogP contribution in [0.1, 0.15) is 23.7 Å². The summed E-state index contributed by atoms with van der Waals surface area (Å²) in [5.74, 6) is -0.498. The highest BCUT2D eigenvalue weighted by Gasteiger charge is 2.10. The average Bonchev–Trinajstić information content (AvgIpc) is 2.33. The maximum Gasteiger partial charge on any atom is 0.252 e. The molecule has 0 aliphatic rings. The van der Waals surface area contributed by atoms with Crippen molar-refractivity contribution >= 4 is 40.4 Å². The molecule has 0 radical (unpaired) electrons. The molecule has 4 nitrogen and oxygen atoms in total. The van der Waals surface area contributed by atoms with Gasteiger partial charge in [0.05, 0.1) is 12.1 Å². The van der Waals surface area contributed by atoms with Crippen molar-refractivity contribution < 1.29 is 9.59 Å². The van der Waals surface area contributed by atoms with Gasteiger partial charge in [-0.25, -0.2) is 0 Å². The summed E-state index contributed by atoms with van der Waals surface area (Å²) in [7, 11) is 0. The minimum atomic E-state index is -0.306. The lowest BCUT2D eigenvalue weighted by Crippen LogP contribution is -2.37. The molecule has 1 rings (SSSR count). The lowest BCUT2D eigenvalue weighted by atomic mass is 10.2. The molecule has 0 atom stereocenters. The van der Waals surface area contributed by atoms with E-state index in [9.17, 15) is 9.59 Å². The molecule has 1 aromatic carbocycles. The van der Waals surface area contributed by atoms with Crippen molar-refractivity contribution in [2.45, 2.75) is 18.2 Å². The van der Waals surface area contributed by atoms with Gasteiger partial charge in [0.2, 0.25) is 5.91 Å². The summed E-state index contributed by atoms with van der Waals surface area (Å²) in [6.45, 7) is 2.56. The molecular weight excluding hydrogens is 316 g/mol. The number of nitrogens with one attached hydrogen (secondary N) is 2. The number of rotatable bonds is 5. The Morgan fingerprint density at radius 3 is 2.67 bits per heavy atom. The number of hydrogen-bond acceptors (Lipinski definition) is 3. The van der Waals surface area contributed by atoms with E-state index in [0.717, 1.165) is 10.9 Å². The summed E-state index contributed by atoms with van der Waals surface area (Å²) in [6.07, 6.45) is 0.868. The predicted molar refractivity (Wildman–Crippen MR) is 77.0 cm³/mol. The van der Waals surface area contributed by atoms with Gasteiger partial charge in [-0.15, -0.1) is 12.6 Å². The molecule has 2 amide bonds. The third-order valence-electron chi connectivity index (χ3n) is 2.19. The minimum Gasteiger partial charge on any atom is -0.355 e. The Kier molecular flexibility index (Phi) is 6.21. The van der Waals surface area contributed by atoms with Crippen LogP contribution in [0.3, 0.4) is 0 Å². The molecular formula is C12H15BrN2O2S. The molecule has 98 valence electrons. The number of thiol groups is 1. The third-order valence-corrected chi connectivity index (χ3v) is 3.05. The van der Waals surface area contributed by atoms with Gasteiger partial charge >= 0.3 is 0 Å². The molecule has 0 aromatic heterocycles. The molecule has 18 heavy (non-hydrogen) atoms. The zero-order valence-corrected chi connectivity index (χ0v) is 12.5. The first kappa shape index (κ1) is 15.0. The van der Waals surface area contributed by atoms with Gasteiger partial charge in [-0.05, 0) is 24.6 Å². The molecule has 2 N–H and O–H groups in total. The second kappa shape index (κ2) is 7.43. The molecule has 0 heterocycles.